The molecule has 0 amide bonds. The van der Waals surface area contributed by atoms with E-state index < -0.39 is 0 Å². The van der Waals surface area contributed by atoms with Gasteiger partial charge in [0.15, 0.2) is 10.8 Å². The molecule has 2 heterocycles. The van der Waals surface area contributed by atoms with Gasteiger partial charge in [-0.25, -0.2) is 4.98 Å². The van der Waals surface area contributed by atoms with Gasteiger partial charge in [-0.05, 0) is 26.1 Å². The van der Waals surface area contributed by atoms with E-state index in [-0.39, 0.29) is 0 Å². The number of aromatic nitrogens is 1. The molecule has 1 atom stereocenters. The number of nitrogens with one attached hydrogen (secondary N) is 1. The van der Waals surface area contributed by atoms with Crippen molar-refractivity contribution in [1.82, 2.24) is 10.3 Å². The van der Waals surface area contributed by atoms with Crippen LogP contribution in [0.3, 0.4) is 0 Å². The van der Waals surface area contributed by atoms with Crippen molar-refractivity contribution in [2.45, 2.75) is 26.3 Å². The van der Waals surface area contributed by atoms with Crippen LogP contribution in [-0.2, 0) is 6.42 Å². The molecule has 0 saturated carbocycles. The van der Waals surface area contributed by atoms with Gasteiger partial charge in [-0.2, -0.15) is 0 Å². The van der Waals surface area contributed by atoms with Crippen molar-refractivity contribution in [2.24, 2.45) is 0 Å². The molecule has 0 aromatic carbocycles. The number of hydrogen-bond donors (Lipinski definition) is 1. The Hall–Kier alpha value is -1.13. The van der Waals surface area contributed by atoms with Crippen molar-refractivity contribution in [3.8, 4) is 10.8 Å². The van der Waals surface area contributed by atoms with Crippen LogP contribution >= 0.6 is 11.3 Å². The van der Waals surface area contributed by atoms with Crippen LogP contribution in [0.1, 0.15) is 30.5 Å². The van der Waals surface area contributed by atoms with E-state index in [1.165, 1.54) is 4.88 Å². The summed E-state index contributed by atoms with van der Waals surface area (Å²) in [5.41, 5.74) is 0. The molecule has 0 fully saturated rings. The third-order valence-corrected chi connectivity index (χ3v) is 3.80. The largest absolute Gasteiger partial charge is 0.459 e. The summed E-state index contributed by atoms with van der Waals surface area (Å²) >= 11 is 1.68. The molecule has 16 heavy (non-hydrogen) atoms. The van der Waals surface area contributed by atoms with E-state index >= 15 is 0 Å². The summed E-state index contributed by atoms with van der Waals surface area (Å²) in [5.74, 6) is 1.88. The number of furan rings is 1. The Morgan fingerprint density at radius 2 is 2.31 bits per heavy atom. The van der Waals surface area contributed by atoms with Crippen molar-refractivity contribution in [3.05, 3.63) is 29.0 Å². The highest BCUT2D eigenvalue weighted by Crippen LogP contribution is 2.29. The topological polar surface area (TPSA) is 38.1 Å². The minimum Gasteiger partial charge on any atom is -0.459 e. The first-order valence-corrected chi connectivity index (χ1v) is 6.28. The van der Waals surface area contributed by atoms with Gasteiger partial charge in [0.25, 0.3) is 0 Å². The molecule has 2 aromatic heterocycles. The Morgan fingerprint density at radius 3 is 2.94 bits per heavy atom. The number of nitrogens with zero attached hydrogens (tertiary/aromatic N) is 1. The lowest BCUT2D eigenvalue weighted by Gasteiger charge is -2.04. The molecule has 86 valence electrons. The Bertz CT molecular complexity index is 461. The van der Waals surface area contributed by atoms with Crippen LogP contribution in [0, 0.1) is 0 Å². The monoisotopic (exact) mass is 236 g/mol. The molecular formula is C12H16N2OS. The Labute approximate surface area is 99.5 Å². The molecule has 0 aliphatic carbocycles. The Kier molecular flexibility index (Phi) is 3.41. The standard InChI is InChI=1S/C12H16N2OS/c1-4-9-5-6-10(15-9)12-14-7-11(16-12)8(2)13-3/h5-8,13H,4H2,1-3H3. The lowest BCUT2D eigenvalue weighted by Crippen LogP contribution is -2.10. The summed E-state index contributed by atoms with van der Waals surface area (Å²) in [6.45, 7) is 4.20. The minimum atomic E-state index is 0.340. The predicted octanol–water partition coefficient (Wildman–Crippen LogP) is 3.25. The van der Waals surface area contributed by atoms with Crippen molar-refractivity contribution in [1.29, 1.82) is 0 Å². The SMILES string of the molecule is CCc1ccc(-c2ncc(C(C)NC)s2)o1. The molecule has 2 aromatic rings. The average molecular weight is 236 g/mol. The van der Waals surface area contributed by atoms with Gasteiger partial charge in [0, 0.05) is 23.5 Å². The Morgan fingerprint density at radius 1 is 1.50 bits per heavy atom. The maximum atomic E-state index is 5.67. The third-order valence-electron chi connectivity index (χ3n) is 2.60. The van der Waals surface area contributed by atoms with E-state index in [4.69, 9.17) is 4.42 Å². The van der Waals surface area contributed by atoms with Gasteiger partial charge in [0.2, 0.25) is 0 Å². The molecule has 0 aliphatic heterocycles. The Balaban J connectivity index is 2.24. The maximum absolute atomic E-state index is 5.67. The molecule has 0 aliphatic rings. The lowest BCUT2D eigenvalue weighted by molar-refractivity contribution is 0.529. The minimum absolute atomic E-state index is 0.340. The van der Waals surface area contributed by atoms with Gasteiger partial charge < -0.3 is 9.73 Å². The fraction of sp³-hybridized carbons (Fsp3) is 0.417. The molecule has 0 spiro atoms. The van der Waals surface area contributed by atoms with Gasteiger partial charge in [0.05, 0.1) is 0 Å². The second kappa shape index (κ2) is 4.80. The summed E-state index contributed by atoms with van der Waals surface area (Å²) in [6.07, 6.45) is 2.83. The van der Waals surface area contributed by atoms with E-state index in [1.807, 2.05) is 25.4 Å². The van der Waals surface area contributed by atoms with Crippen molar-refractivity contribution in [2.75, 3.05) is 7.05 Å². The van der Waals surface area contributed by atoms with Crippen LogP contribution < -0.4 is 5.32 Å². The van der Waals surface area contributed by atoms with Gasteiger partial charge in [0.1, 0.15) is 5.76 Å². The second-order valence-corrected chi connectivity index (χ2v) is 4.76. The zero-order valence-corrected chi connectivity index (χ0v) is 10.6. The van der Waals surface area contributed by atoms with E-state index in [9.17, 15) is 0 Å². The van der Waals surface area contributed by atoms with Gasteiger partial charge in [-0.15, -0.1) is 11.3 Å². The van der Waals surface area contributed by atoms with Crippen LogP contribution in [0.2, 0.25) is 0 Å². The van der Waals surface area contributed by atoms with Crippen LogP contribution in [0.25, 0.3) is 10.8 Å². The highest BCUT2D eigenvalue weighted by Gasteiger charge is 2.11. The van der Waals surface area contributed by atoms with Crippen molar-refractivity contribution >= 4 is 11.3 Å². The van der Waals surface area contributed by atoms with E-state index in [0.717, 1.165) is 22.9 Å². The number of aryl methyl sites for hydroxylation is 1. The maximum Gasteiger partial charge on any atom is 0.162 e. The van der Waals surface area contributed by atoms with E-state index in [1.54, 1.807) is 11.3 Å². The smallest absolute Gasteiger partial charge is 0.162 e. The second-order valence-electron chi connectivity index (χ2n) is 3.70. The summed E-state index contributed by atoms with van der Waals surface area (Å²) in [5, 5.41) is 4.16. The van der Waals surface area contributed by atoms with E-state index in [2.05, 4.69) is 24.1 Å². The molecule has 0 saturated heterocycles. The third kappa shape index (κ3) is 2.18. The summed E-state index contributed by atoms with van der Waals surface area (Å²) in [4.78, 5) is 5.62. The first-order valence-electron chi connectivity index (χ1n) is 5.46. The van der Waals surface area contributed by atoms with Crippen LogP contribution in [-0.4, -0.2) is 12.0 Å². The molecule has 4 heteroatoms. The normalized spacial score (nSPS) is 12.9. The zero-order chi connectivity index (χ0) is 11.5. The van der Waals surface area contributed by atoms with Gasteiger partial charge >= 0.3 is 0 Å². The van der Waals surface area contributed by atoms with E-state index in [0.29, 0.717) is 6.04 Å². The lowest BCUT2D eigenvalue weighted by atomic mass is 10.3. The predicted molar refractivity (Wildman–Crippen MR) is 66.7 cm³/mol. The quantitative estimate of drug-likeness (QED) is 0.885. The van der Waals surface area contributed by atoms with Gasteiger partial charge in [-0.3, -0.25) is 0 Å². The first-order chi connectivity index (χ1) is 7.74. The van der Waals surface area contributed by atoms with Crippen LogP contribution in [0.15, 0.2) is 22.7 Å². The van der Waals surface area contributed by atoms with Crippen LogP contribution in [0.5, 0.6) is 0 Å². The molecule has 0 bridgehead atoms. The van der Waals surface area contributed by atoms with Crippen LogP contribution in [0.4, 0.5) is 0 Å². The molecular weight excluding hydrogens is 220 g/mol. The first kappa shape index (κ1) is 11.4. The fourth-order valence-electron chi connectivity index (χ4n) is 1.43. The number of thiazole rings is 1. The zero-order valence-electron chi connectivity index (χ0n) is 9.78. The highest BCUT2D eigenvalue weighted by atomic mass is 32.1. The number of hydrogen-bond acceptors (Lipinski definition) is 4. The highest BCUT2D eigenvalue weighted by molar-refractivity contribution is 7.15. The molecule has 2 rings (SSSR count). The summed E-state index contributed by atoms with van der Waals surface area (Å²) < 4.78 is 5.67. The van der Waals surface area contributed by atoms with Crippen molar-refractivity contribution < 1.29 is 4.42 Å². The summed E-state index contributed by atoms with van der Waals surface area (Å²) in [7, 11) is 1.95. The molecule has 1 N–H and O–H groups in total. The number of rotatable bonds is 4. The average Bonchev–Trinajstić information content (AvgIpc) is 2.95. The molecule has 1 unspecified atom stereocenters. The summed E-state index contributed by atoms with van der Waals surface area (Å²) in [6, 6.07) is 4.34. The molecule has 0 radical (unpaired) electrons. The van der Waals surface area contributed by atoms with Gasteiger partial charge in [-0.1, -0.05) is 6.92 Å². The van der Waals surface area contributed by atoms with Crippen molar-refractivity contribution in [3.63, 3.8) is 0 Å². The molecule has 3 nitrogen and oxygen atoms in total. The fourth-order valence-corrected chi connectivity index (χ4v) is 2.36.